The second kappa shape index (κ2) is 15.8. The number of hydrogen-bond donors (Lipinski definition) is 0. The Labute approximate surface area is 64.4 Å². The maximum Gasteiger partial charge on any atom is -0.00672 e. The van der Waals surface area contributed by atoms with Gasteiger partial charge in [0.25, 0.3) is 0 Å². The van der Waals surface area contributed by atoms with Crippen molar-refractivity contribution in [3.05, 3.63) is 0 Å². The van der Waals surface area contributed by atoms with Gasteiger partial charge in [-0.25, -0.2) is 0 Å². The van der Waals surface area contributed by atoms with Crippen LogP contribution in [0.1, 0.15) is 40.5 Å². The van der Waals surface area contributed by atoms with Crippen molar-refractivity contribution in [1.82, 2.24) is 0 Å². The Morgan fingerprint density at radius 3 is 1.22 bits per heavy atom. The maximum absolute atomic E-state index is 2.07. The highest BCUT2D eigenvalue weighted by atomic mass is 32.2. The molecule has 0 unspecified atom stereocenters. The number of rotatable bonds is 0. The quantitative estimate of drug-likeness (QED) is 0.506. The molecular formula is C8H20S. The molecule has 0 nitrogen and oxygen atoms in total. The first-order valence-corrected chi connectivity index (χ1v) is 5.23. The van der Waals surface area contributed by atoms with E-state index in [1.807, 2.05) is 27.7 Å². The first-order chi connectivity index (χ1) is 4.50. The first kappa shape index (κ1) is 12.1. The van der Waals surface area contributed by atoms with E-state index in [-0.39, 0.29) is 0 Å². The molecule has 0 saturated carbocycles. The normalized spacial score (nSPS) is 14.7. The molecule has 1 rings (SSSR count). The van der Waals surface area contributed by atoms with E-state index >= 15 is 0 Å². The summed E-state index contributed by atoms with van der Waals surface area (Å²) in [5.74, 6) is 2.83. The van der Waals surface area contributed by atoms with Crippen molar-refractivity contribution >= 4 is 11.8 Å². The summed E-state index contributed by atoms with van der Waals surface area (Å²) in [6.07, 6.45) is 2.93. The molecule has 1 aliphatic rings. The van der Waals surface area contributed by atoms with Gasteiger partial charge in [-0.2, -0.15) is 11.8 Å². The van der Waals surface area contributed by atoms with Crippen LogP contribution in [0.2, 0.25) is 0 Å². The van der Waals surface area contributed by atoms with E-state index < -0.39 is 0 Å². The van der Waals surface area contributed by atoms with E-state index in [9.17, 15) is 0 Å². The zero-order valence-corrected chi connectivity index (χ0v) is 8.05. The van der Waals surface area contributed by atoms with Gasteiger partial charge in [0, 0.05) is 0 Å². The lowest BCUT2D eigenvalue weighted by Crippen LogP contribution is -1.58. The van der Waals surface area contributed by atoms with Gasteiger partial charge in [-0.15, -0.1) is 0 Å². The van der Waals surface area contributed by atoms with Crippen LogP contribution in [0.5, 0.6) is 0 Å². The zero-order valence-electron chi connectivity index (χ0n) is 7.24. The smallest absolute Gasteiger partial charge is 0.00672 e. The average Bonchev–Trinajstić information content (AvgIpc) is 2.51. The number of thioether (sulfide) groups is 1. The van der Waals surface area contributed by atoms with Crippen molar-refractivity contribution in [3.8, 4) is 0 Å². The van der Waals surface area contributed by atoms with Gasteiger partial charge in [-0.05, 0) is 24.3 Å². The summed E-state index contributed by atoms with van der Waals surface area (Å²) in [5.41, 5.74) is 0. The summed E-state index contributed by atoms with van der Waals surface area (Å²) in [4.78, 5) is 0. The fraction of sp³-hybridized carbons (Fsp3) is 1.00. The molecule has 0 aromatic rings. The zero-order chi connectivity index (χ0) is 7.54. The number of hydrogen-bond acceptors (Lipinski definition) is 1. The molecule has 0 bridgehead atoms. The van der Waals surface area contributed by atoms with Crippen molar-refractivity contribution in [2.24, 2.45) is 0 Å². The molecule has 1 fully saturated rings. The molecule has 0 radical (unpaired) electrons. The molecule has 0 atom stereocenters. The minimum atomic E-state index is 1.42. The van der Waals surface area contributed by atoms with Crippen LogP contribution in [0, 0.1) is 0 Å². The molecule has 0 N–H and O–H groups in total. The molecule has 0 aromatic carbocycles. The minimum Gasteiger partial charge on any atom is -0.162 e. The van der Waals surface area contributed by atoms with Crippen LogP contribution in [-0.2, 0) is 0 Å². The molecule has 0 spiro atoms. The molecule has 0 aromatic heterocycles. The van der Waals surface area contributed by atoms with E-state index in [0.717, 1.165) is 0 Å². The van der Waals surface area contributed by atoms with Gasteiger partial charge in [-0.3, -0.25) is 0 Å². The van der Waals surface area contributed by atoms with Crippen LogP contribution in [0.4, 0.5) is 0 Å². The van der Waals surface area contributed by atoms with E-state index in [1.54, 1.807) is 0 Å². The van der Waals surface area contributed by atoms with E-state index in [2.05, 4.69) is 11.8 Å². The fourth-order valence-electron chi connectivity index (χ4n) is 0.510. The third-order valence-corrected chi connectivity index (χ3v) is 1.98. The van der Waals surface area contributed by atoms with Crippen LogP contribution in [-0.4, -0.2) is 11.5 Å². The largest absolute Gasteiger partial charge is 0.162 e. The molecule has 1 saturated heterocycles. The Balaban J connectivity index is 0. The highest BCUT2D eigenvalue weighted by Crippen LogP contribution is 2.14. The third kappa shape index (κ3) is 11.8. The van der Waals surface area contributed by atoms with Crippen LogP contribution in [0.3, 0.4) is 0 Å². The summed E-state index contributed by atoms with van der Waals surface area (Å²) >= 11 is 2.07. The Morgan fingerprint density at radius 2 is 1.11 bits per heavy atom. The molecule has 9 heavy (non-hydrogen) atoms. The average molecular weight is 148 g/mol. The Kier molecular flexibility index (Phi) is 21.1. The summed E-state index contributed by atoms with van der Waals surface area (Å²) < 4.78 is 0. The molecular weight excluding hydrogens is 128 g/mol. The Bertz CT molecular complexity index is 16.1. The van der Waals surface area contributed by atoms with E-state index in [0.29, 0.717) is 0 Å². The van der Waals surface area contributed by atoms with Crippen LogP contribution >= 0.6 is 11.8 Å². The SMILES string of the molecule is C1CCSC1.CC.CC. The monoisotopic (exact) mass is 148 g/mol. The second-order valence-electron chi connectivity index (χ2n) is 1.32. The van der Waals surface area contributed by atoms with Gasteiger partial charge >= 0.3 is 0 Å². The van der Waals surface area contributed by atoms with Gasteiger partial charge in [-0.1, -0.05) is 27.7 Å². The minimum absolute atomic E-state index is 1.42. The first-order valence-electron chi connectivity index (χ1n) is 4.08. The maximum atomic E-state index is 2.07. The van der Waals surface area contributed by atoms with Crippen LogP contribution < -0.4 is 0 Å². The standard InChI is InChI=1S/C4H8S.2C2H6/c1-2-4-5-3-1;2*1-2/h1-4H2;2*1-2H3. The lowest BCUT2D eigenvalue weighted by Gasteiger charge is -1.69. The summed E-state index contributed by atoms with van der Waals surface area (Å²) in [7, 11) is 0. The lowest BCUT2D eigenvalue weighted by atomic mass is 10.4. The van der Waals surface area contributed by atoms with Gasteiger partial charge in [0.15, 0.2) is 0 Å². The third-order valence-electron chi connectivity index (χ3n) is 0.827. The molecule has 58 valence electrons. The Hall–Kier alpha value is 0.350. The predicted molar refractivity (Wildman–Crippen MR) is 49.3 cm³/mol. The van der Waals surface area contributed by atoms with Gasteiger partial charge in [0.05, 0.1) is 0 Å². The lowest BCUT2D eigenvalue weighted by molar-refractivity contribution is 0.949. The summed E-state index contributed by atoms with van der Waals surface area (Å²) in [6.45, 7) is 8.00. The molecule has 0 aliphatic carbocycles. The molecule has 1 heterocycles. The Morgan fingerprint density at radius 1 is 0.778 bits per heavy atom. The fourth-order valence-corrected chi connectivity index (χ4v) is 1.53. The highest BCUT2D eigenvalue weighted by Gasteiger charge is 1.95. The summed E-state index contributed by atoms with van der Waals surface area (Å²) in [6, 6.07) is 0. The molecule has 1 aliphatic heterocycles. The van der Waals surface area contributed by atoms with Crippen molar-refractivity contribution < 1.29 is 0 Å². The van der Waals surface area contributed by atoms with Crippen molar-refractivity contribution in [1.29, 1.82) is 0 Å². The van der Waals surface area contributed by atoms with Crippen LogP contribution in [0.25, 0.3) is 0 Å². The topological polar surface area (TPSA) is 0 Å². The van der Waals surface area contributed by atoms with E-state index in [4.69, 9.17) is 0 Å². The van der Waals surface area contributed by atoms with E-state index in [1.165, 1.54) is 24.3 Å². The van der Waals surface area contributed by atoms with Crippen LogP contribution in [0.15, 0.2) is 0 Å². The van der Waals surface area contributed by atoms with Gasteiger partial charge in [0.1, 0.15) is 0 Å². The van der Waals surface area contributed by atoms with Gasteiger partial charge in [0.2, 0.25) is 0 Å². The molecule has 0 amide bonds. The molecule has 1 heteroatoms. The van der Waals surface area contributed by atoms with Gasteiger partial charge < -0.3 is 0 Å². The second-order valence-corrected chi connectivity index (χ2v) is 2.54. The predicted octanol–water partition coefficient (Wildman–Crippen LogP) is 3.57. The van der Waals surface area contributed by atoms with Crippen molar-refractivity contribution in [2.45, 2.75) is 40.5 Å². The highest BCUT2D eigenvalue weighted by molar-refractivity contribution is 7.99. The van der Waals surface area contributed by atoms with Crippen molar-refractivity contribution in [2.75, 3.05) is 11.5 Å². The van der Waals surface area contributed by atoms with Crippen molar-refractivity contribution in [3.63, 3.8) is 0 Å². The summed E-state index contributed by atoms with van der Waals surface area (Å²) in [5, 5.41) is 0.